The van der Waals surface area contributed by atoms with E-state index in [1.807, 2.05) is 0 Å². The van der Waals surface area contributed by atoms with Gasteiger partial charge in [-0.15, -0.1) is 0 Å². The van der Waals surface area contributed by atoms with Crippen molar-refractivity contribution in [2.24, 2.45) is 5.41 Å². The molecule has 2 N–H and O–H groups in total. The molecule has 2 aromatic carbocycles. The van der Waals surface area contributed by atoms with Crippen LogP contribution in [0.25, 0.3) is 0 Å². The number of imide groups is 1. The van der Waals surface area contributed by atoms with Crippen molar-refractivity contribution in [2.75, 3.05) is 10.2 Å². The molecule has 1 aliphatic heterocycles. The number of hydrogen-bond donors (Lipinski definition) is 2. The maximum absolute atomic E-state index is 13.1. The van der Waals surface area contributed by atoms with Gasteiger partial charge >= 0.3 is 0 Å². The lowest BCUT2D eigenvalue weighted by molar-refractivity contribution is -0.127. The Morgan fingerprint density at radius 3 is 2.22 bits per heavy atom. The van der Waals surface area contributed by atoms with Crippen molar-refractivity contribution in [1.82, 2.24) is 4.72 Å². The van der Waals surface area contributed by atoms with E-state index in [-0.39, 0.29) is 28.2 Å². The molecule has 7 nitrogen and oxygen atoms in total. The molecule has 2 amide bonds. The SMILES string of the molecule is O=C1CC2(CCCCC2)C(=O)N1c1ccc(S(=O)(=O)NC(=S)Nc2ccc(Br)cc2)cc1. The van der Waals surface area contributed by atoms with Crippen LogP contribution in [0, 0.1) is 5.41 Å². The topological polar surface area (TPSA) is 95.6 Å². The molecule has 1 spiro atoms. The van der Waals surface area contributed by atoms with Gasteiger partial charge in [0.1, 0.15) is 0 Å². The summed E-state index contributed by atoms with van der Waals surface area (Å²) in [6, 6.07) is 12.8. The maximum atomic E-state index is 13.1. The van der Waals surface area contributed by atoms with Crippen LogP contribution in [0.15, 0.2) is 57.9 Å². The van der Waals surface area contributed by atoms with Gasteiger partial charge in [-0.05, 0) is 73.6 Å². The molecule has 0 radical (unpaired) electrons. The van der Waals surface area contributed by atoms with Crippen LogP contribution in [-0.4, -0.2) is 25.3 Å². The minimum Gasteiger partial charge on any atom is -0.332 e. The monoisotopic (exact) mass is 535 g/mol. The predicted molar refractivity (Wildman–Crippen MR) is 130 cm³/mol. The van der Waals surface area contributed by atoms with Crippen molar-refractivity contribution in [3.63, 3.8) is 0 Å². The number of thiocarbonyl (C=S) groups is 1. The minimum atomic E-state index is -3.93. The molecule has 10 heteroatoms. The summed E-state index contributed by atoms with van der Waals surface area (Å²) in [6.45, 7) is 0. The fourth-order valence-electron chi connectivity index (χ4n) is 4.32. The third-order valence-corrected chi connectivity index (χ3v) is 8.17. The third kappa shape index (κ3) is 4.57. The summed E-state index contributed by atoms with van der Waals surface area (Å²) in [5.74, 6) is -0.402. The standard InChI is InChI=1S/C22H22BrN3O4S2/c23-15-4-6-16(7-5-15)24-21(31)25-32(29,30)18-10-8-17(9-11-18)26-19(27)14-22(20(26)28)12-2-1-3-13-22/h4-11H,1-3,12-14H2,(H2,24,25,31). The Morgan fingerprint density at radius 2 is 1.59 bits per heavy atom. The molecule has 1 aliphatic carbocycles. The van der Waals surface area contributed by atoms with Crippen LogP contribution in [-0.2, 0) is 19.6 Å². The number of amides is 2. The molecule has 2 fully saturated rings. The highest BCUT2D eigenvalue weighted by molar-refractivity contribution is 9.10. The first-order valence-corrected chi connectivity index (χ1v) is 13.0. The van der Waals surface area contributed by atoms with E-state index >= 15 is 0 Å². The highest BCUT2D eigenvalue weighted by atomic mass is 79.9. The number of sulfonamides is 1. The largest absolute Gasteiger partial charge is 0.332 e. The molecule has 0 bridgehead atoms. The van der Waals surface area contributed by atoms with Crippen LogP contribution in [0.4, 0.5) is 11.4 Å². The first-order chi connectivity index (χ1) is 15.2. The van der Waals surface area contributed by atoms with Crippen LogP contribution >= 0.6 is 28.1 Å². The van der Waals surface area contributed by atoms with Gasteiger partial charge in [0.05, 0.1) is 16.0 Å². The summed E-state index contributed by atoms with van der Waals surface area (Å²) in [5.41, 5.74) is 0.433. The second-order valence-electron chi connectivity index (χ2n) is 8.11. The van der Waals surface area contributed by atoms with Crippen molar-refractivity contribution in [2.45, 2.75) is 43.4 Å². The summed E-state index contributed by atoms with van der Waals surface area (Å²) < 4.78 is 28.6. The van der Waals surface area contributed by atoms with Gasteiger partial charge in [0.25, 0.3) is 10.0 Å². The van der Waals surface area contributed by atoms with E-state index in [4.69, 9.17) is 12.2 Å². The van der Waals surface area contributed by atoms with E-state index in [1.54, 1.807) is 24.3 Å². The molecule has 4 rings (SSSR count). The van der Waals surface area contributed by atoms with Crippen molar-refractivity contribution < 1.29 is 18.0 Å². The van der Waals surface area contributed by atoms with E-state index in [1.165, 1.54) is 29.2 Å². The maximum Gasteiger partial charge on any atom is 0.263 e. The Kier molecular flexibility index (Phi) is 6.37. The van der Waals surface area contributed by atoms with E-state index in [0.717, 1.165) is 36.6 Å². The smallest absolute Gasteiger partial charge is 0.263 e. The first kappa shape index (κ1) is 22.9. The Hall–Kier alpha value is -2.30. The van der Waals surface area contributed by atoms with Gasteiger partial charge in [0.2, 0.25) is 11.8 Å². The molecular formula is C22H22BrN3O4S2. The van der Waals surface area contributed by atoms with Crippen molar-refractivity contribution in [3.8, 4) is 0 Å². The molecule has 1 saturated heterocycles. The quantitative estimate of drug-likeness (QED) is 0.446. The van der Waals surface area contributed by atoms with Crippen LogP contribution in [0.1, 0.15) is 38.5 Å². The number of carbonyl (C=O) groups excluding carboxylic acids is 2. The zero-order valence-electron chi connectivity index (χ0n) is 17.1. The fourth-order valence-corrected chi connectivity index (χ4v) is 5.94. The third-order valence-electron chi connectivity index (χ3n) is 5.94. The van der Waals surface area contributed by atoms with Crippen LogP contribution in [0.3, 0.4) is 0 Å². The van der Waals surface area contributed by atoms with E-state index in [0.29, 0.717) is 11.4 Å². The van der Waals surface area contributed by atoms with Gasteiger partial charge in [-0.3, -0.25) is 19.2 Å². The van der Waals surface area contributed by atoms with Gasteiger partial charge < -0.3 is 5.32 Å². The van der Waals surface area contributed by atoms with Crippen LogP contribution in [0.5, 0.6) is 0 Å². The predicted octanol–water partition coefficient (Wildman–Crippen LogP) is 4.34. The van der Waals surface area contributed by atoms with Gasteiger partial charge in [-0.25, -0.2) is 8.42 Å². The number of carbonyl (C=O) groups is 2. The lowest BCUT2D eigenvalue weighted by Crippen LogP contribution is -2.37. The molecule has 2 aliphatic rings. The number of anilines is 2. The summed E-state index contributed by atoms with van der Waals surface area (Å²) >= 11 is 8.45. The van der Waals surface area contributed by atoms with Gasteiger partial charge in [-0.2, -0.15) is 0 Å². The highest BCUT2D eigenvalue weighted by Crippen LogP contribution is 2.46. The second-order valence-corrected chi connectivity index (χ2v) is 11.1. The summed E-state index contributed by atoms with van der Waals surface area (Å²) in [5, 5.41) is 2.75. The van der Waals surface area contributed by atoms with Gasteiger partial charge in [-0.1, -0.05) is 35.2 Å². The van der Waals surface area contributed by atoms with Crippen LogP contribution < -0.4 is 14.9 Å². The van der Waals surface area contributed by atoms with Crippen molar-refractivity contribution in [3.05, 3.63) is 53.0 Å². The number of nitrogens with one attached hydrogen (secondary N) is 2. The molecule has 0 unspecified atom stereocenters. The molecule has 1 saturated carbocycles. The zero-order chi connectivity index (χ0) is 22.9. The van der Waals surface area contributed by atoms with E-state index < -0.39 is 15.4 Å². The van der Waals surface area contributed by atoms with Gasteiger partial charge in [0.15, 0.2) is 5.11 Å². The summed E-state index contributed by atoms with van der Waals surface area (Å²) in [7, 11) is -3.93. The minimum absolute atomic E-state index is 0.0207. The number of hydrogen-bond acceptors (Lipinski definition) is 5. The molecule has 32 heavy (non-hydrogen) atoms. The second kappa shape index (κ2) is 8.92. The molecule has 168 valence electrons. The van der Waals surface area contributed by atoms with Crippen molar-refractivity contribution in [1.29, 1.82) is 0 Å². The van der Waals surface area contributed by atoms with Crippen LogP contribution in [0.2, 0.25) is 0 Å². The first-order valence-electron chi connectivity index (χ1n) is 10.3. The Labute approximate surface area is 200 Å². The Balaban J connectivity index is 1.46. The lowest BCUT2D eigenvalue weighted by atomic mass is 9.73. The number of rotatable bonds is 4. The normalized spacial score (nSPS) is 18.1. The molecule has 1 heterocycles. The average molecular weight is 536 g/mol. The summed E-state index contributed by atoms with van der Waals surface area (Å²) in [6.07, 6.45) is 4.67. The molecule has 2 aromatic rings. The highest BCUT2D eigenvalue weighted by Gasteiger charge is 2.52. The summed E-state index contributed by atoms with van der Waals surface area (Å²) in [4.78, 5) is 26.9. The lowest BCUT2D eigenvalue weighted by Gasteiger charge is -2.30. The van der Waals surface area contributed by atoms with Crippen molar-refractivity contribution >= 4 is 66.5 Å². The average Bonchev–Trinajstić information content (AvgIpc) is 2.99. The molecular weight excluding hydrogens is 514 g/mol. The number of benzene rings is 2. The van der Waals surface area contributed by atoms with Gasteiger partial charge in [0, 0.05) is 16.6 Å². The molecule has 0 aromatic heterocycles. The van der Waals surface area contributed by atoms with E-state index in [2.05, 4.69) is 26.0 Å². The fraction of sp³-hybridized carbons (Fsp3) is 0.318. The molecule has 0 atom stereocenters. The Morgan fingerprint density at radius 1 is 0.969 bits per heavy atom. The number of halogens is 1. The number of nitrogens with zero attached hydrogens (tertiary/aromatic N) is 1. The Bertz CT molecular complexity index is 1160. The zero-order valence-corrected chi connectivity index (χ0v) is 20.4. The van der Waals surface area contributed by atoms with E-state index in [9.17, 15) is 18.0 Å².